The van der Waals surface area contributed by atoms with Gasteiger partial charge >= 0.3 is 0 Å². The highest BCUT2D eigenvalue weighted by atomic mass is 35.5. The molecular weight excluding hydrogens is 281 g/mol. The molecule has 0 aromatic carbocycles. The van der Waals surface area contributed by atoms with Crippen LogP contribution in [-0.4, -0.2) is 23.5 Å². The highest BCUT2D eigenvalue weighted by Gasteiger charge is 2.19. The average Bonchev–Trinajstić information content (AvgIpc) is 2.80. The fraction of sp³-hybridized carbons (Fsp3) is 0.600. The Balaban J connectivity index is 0.00000128. The molecule has 0 radical (unpaired) electrons. The molecule has 2 N–H and O–H groups in total. The summed E-state index contributed by atoms with van der Waals surface area (Å²) in [4.78, 5) is 15.8. The van der Waals surface area contributed by atoms with E-state index >= 15 is 0 Å². The molecule has 7 heteroatoms. The Bertz CT molecular complexity index is 315. The first-order valence-electron chi connectivity index (χ1n) is 5.24. The lowest BCUT2D eigenvalue weighted by Crippen LogP contribution is -2.46. The maximum Gasteiger partial charge on any atom is 0.237 e. The van der Waals surface area contributed by atoms with Crippen molar-refractivity contribution in [1.29, 1.82) is 0 Å². The van der Waals surface area contributed by atoms with Gasteiger partial charge in [0.15, 0.2) is 0 Å². The van der Waals surface area contributed by atoms with Gasteiger partial charge in [0.2, 0.25) is 5.91 Å². The van der Waals surface area contributed by atoms with Crippen LogP contribution in [0.4, 0.5) is 0 Å². The summed E-state index contributed by atoms with van der Waals surface area (Å²) in [6.07, 6.45) is 3.26. The summed E-state index contributed by atoms with van der Waals surface area (Å²) in [5.74, 6) is 0.0997. The molecule has 1 aliphatic heterocycles. The van der Waals surface area contributed by atoms with E-state index in [-0.39, 0.29) is 36.8 Å². The minimum absolute atomic E-state index is 0. The van der Waals surface area contributed by atoms with E-state index in [4.69, 9.17) is 0 Å². The molecule has 1 amide bonds. The van der Waals surface area contributed by atoms with E-state index < -0.39 is 0 Å². The number of aromatic nitrogens is 1. The predicted octanol–water partition coefficient (Wildman–Crippen LogP) is 1.74. The number of hydrogen-bond acceptors (Lipinski definition) is 4. The number of hydrogen-bond donors (Lipinski definition) is 2. The highest BCUT2D eigenvalue weighted by Crippen LogP contribution is 2.07. The van der Waals surface area contributed by atoms with Crippen molar-refractivity contribution in [2.45, 2.75) is 31.8 Å². The number of thiazole rings is 1. The van der Waals surface area contributed by atoms with Crippen molar-refractivity contribution in [1.82, 2.24) is 15.6 Å². The van der Waals surface area contributed by atoms with Gasteiger partial charge < -0.3 is 10.6 Å². The first-order chi connectivity index (χ1) is 7.36. The van der Waals surface area contributed by atoms with Gasteiger partial charge in [-0.25, -0.2) is 4.98 Å². The van der Waals surface area contributed by atoms with Gasteiger partial charge in [-0.1, -0.05) is 6.42 Å². The van der Waals surface area contributed by atoms with Crippen molar-refractivity contribution in [3.05, 3.63) is 16.6 Å². The second-order valence-corrected chi connectivity index (χ2v) is 4.42. The summed E-state index contributed by atoms with van der Waals surface area (Å²) in [7, 11) is 0. The molecule has 1 aromatic rings. The Kier molecular flexibility index (Phi) is 8.51. The standard InChI is InChI=1S/C10H15N3OS.2ClH/c14-10(9-3-1-2-4-11-9)12-5-8-6-15-7-13-8;;/h6-7,9,11H,1-5H2,(H,12,14);2*1H/t9-;;/m0../s1. The summed E-state index contributed by atoms with van der Waals surface area (Å²) < 4.78 is 0. The second kappa shape index (κ2) is 8.69. The largest absolute Gasteiger partial charge is 0.349 e. The van der Waals surface area contributed by atoms with Crippen molar-refractivity contribution >= 4 is 42.1 Å². The first-order valence-corrected chi connectivity index (χ1v) is 6.19. The molecule has 2 heterocycles. The molecule has 17 heavy (non-hydrogen) atoms. The molecule has 1 saturated heterocycles. The summed E-state index contributed by atoms with van der Waals surface area (Å²) in [5.41, 5.74) is 2.71. The lowest BCUT2D eigenvalue weighted by Gasteiger charge is -2.22. The molecule has 0 spiro atoms. The van der Waals surface area contributed by atoms with Crippen LogP contribution < -0.4 is 10.6 Å². The van der Waals surface area contributed by atoms with Gasteiger partial charge in [-0.15, -0.1) is 36.2 Å². The van der Waals surface area contributed by atoms with E-state index in [9.17, 15) is 4.79 Å². The zero-order chi connectivity index (χ0) is 10.5. The van der Waals surface area contributed by atoms with Gasteiger partial charge in [-0.05, 0) is 19.4 Å². The number of halogens is 2. The highest BCUT2D eigenvalue weighted by molar-refractivity contribution is 7.07. The zero-order valence-electron chi connectivity index (χ0n) is 9.35. The Hall–Kier alpha value is -0.360. The topological polar surface area (TPSA) is 54.0 Å². The van der Waals surface area contributed by atoms with Crippen LogP contribution in [0.2, 0.25) is 0 Å². The maximum absolute atomic E-state index is 11.7. The molecule has 0 saturated carbocycles. The van der Waals surface area contributed by atoms with Gasteiger partial charge in [-0.3, -0.25) is 4.79 Å². The van der Waals surface area contributed by atoms with Crippen LogP contribution in [-0.2, 0) is 11.3 Å². The van der Waals surface area contributed by atoms with Gasteiger partial charge in [0.25, 0.3) is 0 Å². The molecule has 0 unspecified atom stereocenters. The van der Waals surface area contributed by atoms with Crippen molar-refractivity contribution in [2.24, 2.45) is 0 Å². The minimum atomic E-state index is -0.00242. The molecule has 1 aromatic heterocycles. The van der Waals surface area contributed by atoms with Crippen molar-refractivity contribution < 1.29 is 4.79 Å². The fourth-order valence-corrected chi connectivity index (χ4v) is 2.26. The van der Waals surface area contributed by atoms with E-state index in [1.807, 2.05) is 5.38 Å². The smallest absolute Gasteiger partial charge is 0.237 e. The van der Waals surface area contributed by atoms with E-state index in [2.05, 4.69) is 15.6 Å². The molecule has 1 fully saturated rings. The Morgan fingerprint density at radius 2 is 2.35 bits per heavy atom. The van der Waals surface area contributed by atoms with Crippen LogP contribution in [0.15, 0.2) is 10.9 Å². The molecule has 0 bridgehead atoms. The predicted molar refractivity (Wildman–Crippen MR) is 74.1 cm³/mol. The second-order valence-electron chi connectivity index (χ2n) is 3.70. The van der Waals surface area contributed by atoms with Crippen LogP contribution in [0, 0.1) is 0 Å². The van der Waals surface area contributed by atoms with E-state index in [1.54, 1.807) is 16.8 Å². The molecule has 2 rings (SSSR count). The number of piperidine rings is 1. The van der Waals surface area contributed by atoms with Crippen LogP contribution in [0.25, 0.3) is 0 Å². The third kappa shape index (κ3) is 5.21. The van der Waals surface area contributed by atoms with Crippen LogP contribution in [0.5, 0.6) is 0 Å². The summed E-state index contributed by atoms with van der Waals surface area (Å²) in [6, 6.07) is -0.00242. The number of carbonyl (C=O) groups is 1. The van der Waals surface area contributed by atoms with Crippen LogP contribution >= 0.6 is 36.2 Å². The number of nitrogens with one attached hydrogen (secondary N) is 2. The Labute approximate surface area is 117 Å². The first kappa shape index (κ1) is 16.6. The molecule has 0 aliphatic carbocycles. The SMILES string of the molecule is Cl.Cl.O=C(NCc1cscn1)[C@@H]1CCCCN1. The van der Waals surface area contributed by atoms with Gasteiger partial charge in [0, 0.05) is 5.38 Å². The summed E-state index contributed by atoms with van der Waals surface area (Å²) in [5, 5.41) is 8.07. The number of carbonyl (C=O) groups excluding carboxylic acids is 1. The fourth-order valence-electron chi connectivity index (χ4n) is 1.70. The molecule has 1 aliphatic rings. The normalized spacial score (nSPS) is 18.7. The van der Waals surface area contributed by atoms with Gasteiger partial charge in [-0.2, -0.15) is 0 Å². The number of nitrogens with zero attached hydrogens (tertiary/aromatic N) is 1. The number of amides is 1. The third-order valence-corrected chi connectivity index (χ3v) is 3.19. The lowest BCUT2D eigenvalue weighted by atomic mass is 10.0. The van der Waals surface area contributed by atoms with Gasteiger partial charge in [0.1, 0.15) is 0 Å². The zero-order valence-corrected chi connectivity index (χ0v) is 11.8. The Morgan fingerprint density at radius 1 is 1.53 bits per heavy atom. The van der Waals surface area contributed by atoms with Crippen LogP contribution in [0.1, 0.15) is 25.0 Å². The Morgan fingerprint density at radius 3 is 2.94 bits per heavy atom. The third-order valence-electron chi connectivity index (χ3n) is 2.55. The average molecular weight is 298 g/mol. The lowest BCUT2D eigenvalue weighted by molar-refractivity contribution is -0.123. The molecule has 1 atom stereocenters. The summed E-state index contributed by atoms with van der Waals surface area (Å²) >= 11 is 1.55. The monoisotopic (exact) mass is 297 g/mol. The molecule has 4 nitrogen and oxygen atoms in total. The molecule has 98 valence electrons. The summed E-state index contributed by atoms with van der Waals surface area (Å²) in [6.45, 7) is 1.50. The van der Waals surface area contributed by atoms with E-state index in [0.29, 0.717) is 6.54 Å². The van der Waals surface area contributed by atoms with E-state index in [1.165, 1.54) is 6.42 Å². The van der Waals surface area contributed by atoms with Gasteiger partial charge in [0.05, 0.1) is 23.8 Å². The maximum atomic E-state index is 11.7. The van der Waals surface area contributed by atoms with Crippen molar-refractivity contribution in [3.63, 3.8) is 0 Å². The number of rotatable bonds is 3. The molecular formula is C10H17Cl2N3OS. The van der Waals surface area contributed by atoms with Crippen molar-refractivity contribution in [2.75, 3.05) is 6.54 Å². The van der Waals surface area contributed by atoms with Crippen molar-refractivity contribution in [3.8, 4) is 0 Å². The van der Waals surface area contributed by atoms with Crippen LogP contribution in [0.3, 0.4) is 0 Å². The quantitative estimate of drug-likeness (QED) is 0.894. The van der Waals surface area contributed by atoms with E-state index in [0.717, 1.165) is 25.1 Å². The minimum Gasteiger partial charge on any atom is -0.349 e.